The molecule has 4 saturated carbocycles. The summed E-state index contributed by atoms with van der Waals surface area (Å²) in [6.45, 7) is 12.7. The van der Waals surface area contributed by atoms with Crippen LogP contribution in [0.2, 0.25) is 18.6 Å². The lowest BCUT2D eigenvalue weighted by Gasteiger charge is -2.44. The smallest absolute Gasteiger partial charge is 0.190 e. The molecule has 4 aliphatic carbocycles. The van der Waals surface area contributed by atoms with Crippen LogP contribution < -0.4 is 0 Å². The fourth-order valence-corrected chi connectivity index (χ4v) is 11.5. The highest BCUT2D eigenvalue weighted by Crippen LogP contribution is 2.56. The van der Waals surface area contributed by atoms with Gasteiger partial charge in [-0.05, 0) is 66.5 Å². The summed E-state index contributed by atoms with van der Waals surface area (Å²) in [6, 6.07) is 0. The SMILES string of the molecule is CC1CCC(C)C2C1CC(C)C2O[Si](C)(C)C1CCC2CCCCC21. The van der Waals surface area contributed by atoms with Crippen LogP contribution in [0, 0.1) is 41.4 Å². The molecule has 0 spiro atoms. The molecule has 1 nitrogen and oxygen atoms in total. The molecule has 9 unspecified atom stereocenters. The van der Waals surface area contributed by atoms with E-state index in [0.29, 0.717) is 6.10 Å². The van der Waals surface area contributed by atoms with Gasteiger partial charge in [-0.2, -0.15) is 0 Å². The van der Waals surface area contributed by atoms with Gasteiger partial charge in [-0.25, -0.2) is 0 Å². The highest BCUT2D eigenvalue weighted by Gasteiger charge is 2.53. The zero-order chi connectivity index (χ0) is 17.8. The van der Waals surface area contributed by atoms with Crippen molar-refractivity contribution in [3.05, 3.63) is 0 Å². The Hall–Kier alpha value is 0.177. The Bertz CT molecular complexity index is 475. The fourth-order valence-electron chi connectivity index (χ4n) is 7.86. The van der Waals surface area contributed by atoms with Gasteiger partial charge in [0.2, 0.25) is 0 Å². The molecule has 0 saturated heterocycles. The molecule has 0 amide bonds. The minimum atomic E-state index is -1.61. The van der Waals surface area contributed by atoms with Crippen LogP contribution in [0.3, 0.4) is 0 Å². The van der Waals surface area contributed by atoms with E-state index in [0.717, 1.165) is 47.0 Å². The summed E-state index contributed by atoms with van der Waals surface area (Å²) in [6.07, 6.45) is 13.9. The maximum absolute atomic E-state index is 7.27. The molecule has 0 aromatic heterocycles. The minimum Gasteiger partial charge on any atom is -0.414 e. The highest BCUT2D eigenvalue weighted by molar-refractivity contribution is 6.72. The molecule has 0 aromatic carbocycles. The Balaban J connectivity index is 1.50. The van der Waals surface area contributed by atoms with E-state index < -0.39 is 8.32 Å². The largest absolute Gasteiger partial charge is 0.414 e. The topological polar surface area (TPSA) is 9.23 Å². The molecule has 0 N–H and O–H groups in total. The molecule has 25 heavy (non-hydrogen) atoms. The first kappa shape index (κ1) is 18.5. The summed E-state index contributed by atoms with van der Waals surface area (Å²) < 4.78 is 7.27. The number of hydrogen-bond donors (Lipinski definition) is 0. The molecule has 4 rings (SSSR count). The third-order valence-electron chi connectivity index (χ3n) is 9.21. The zero-order valence-electron chi connectivity index (χ0n) is 17.5. The van der Waals surface area contributed by atoms with Crippen molar-refractivity contribution < 1.29 is 4.43 Å². The Morgan fingerprint density at radius 2 is 1.44 bits per heavy atom. The first-order valence-corrected chi connectivity index (χ1v) is 14.5. The van der Waals surface area contributed by atoms with Gasteiger partial charge in [0, 0.05) is 0 Å². The standard InChI is InChI=1S/C23H42OSi/c1-15-10-11-16(2)22-20(15)14-17(3)23(22)24-25(4,5)21-13-12-18-8-6-7-9-19(18)21/h15-23H,6-14H2,1-5H3. The average Bonchev–Trinajstić information content (AvgIpc) is 3.14. The summed E-state index contributed by atoms with van der Waals surface area (Å²) in [5.41, 5.74) is 0.945. The molecule has 4 aliphatic rings. The van der Waals surface area contributed by atoms with Crippen LogP contribution in [-0.4, -0.2) is 14.4 Å². The summed E-state index contributed by atoms with van der Waals surface area (Å²) in [7, 11) is -1.61. The van der Waals surface area contributed by atoms with Gasteiger partial charge in [0.1, 0.15) is 0 Å². The second-order valence-corrected chi connectivity index (χ2v) is 15.2. The van der Waals surface area contributed by atoms with Crippen LogP contribution in [0.15, 0.2) is 0 Å². The van der Waals surface area contributed by atoms with Crippen molar-refractivity contribution >= 4 is 8.32 Å². The van der Waals surface area contributed by atoms with Crippen LogP contribution in [-0.2, 0) is 4.43 Å². The van der Waals surface area contributed by atoms with E-state index in [1.807, 2.05) is 0 Å². The Morgan fingerprint density at radius 3 is 2.24 bits per heavy atom. The van der Waals surface area contributed by atoms with E-state index in [9.17, 15) is 0 Å². The van der Waals surface area contributed by atoms with Gasteiger partial charge in [-0.15, -0.1) is 0 Å². The molecule has 144 valence electrons. The van der Waals surface area contributed by atoms with E-state index in [1.165, 1.54) is 57.8 Å². The van der Waals surface area contributed by atoms with Crippen molar-refractivity contribution in [1.29, 1.82) is 0 Å². The Kier molecular flexibility index (Phi) is 5.17. The van der Waals surface area contributed by atoms with E-state index in [4.69, 9.17) is 4.43 Å². The van der Waals surface area contributed by atoms with Gasteiger partial charge < -0.3 is 4.43 Å². The molecule has 0 heterocycles. The second-order valence-electron chi connectivity index (χ2n) is 11.1. The van der Waals surface area contributed by atoms with Gasteiger partial charge in [0.25, 0.3) is 0 Å². The van der Waals surface area contributed by atoms with Gasteiger partial charge in [0.05, 0.1) is 6.10 Å². The first-order valence-electron chi connectivity index (χ1n) is 11.6. The lowest BCUT2D eigenvalue weighted by atomic mass is 9.69. The normalized spacial score (nSPS) is 50.5. The zero-order valence-corrected chi connectivity index (χ0v) is 18.5. The molecule has 9 atom stereocenters. The number of fused-ring (bicyclic) bond motifs is 2. The van der Waals surface area contributed by atoms with E-state index in [1.54, 1.807) is 0 Å². The van der Waals surface area contributed by atoms with Crippen molar-refractivity contribution in [2.45, 2.75) is 103 Å². The molecular formula is C23H42OSi. The van der Waals surface area contributed by atoms with Crippen LogP contribution >= 0.6 is 0 Å². The third kappa shape index (κ3) is 3.28. The molecule has 0 aliphatic heterocycles. The Morgan fingerprint density at radius 1 is 0.720 bits per heavy atom. The summed E-state index contributed by atoms with van der Waals surface area (Å²) in [4.78, 5) is 0. The highest BCUT2D eigenvalue weighted by atomic mass is 28.4. The molecule has 2 heteroatoms. The van der Waals surface area contributed by atoms with Crippen molar-refractivity contribution in [3.8, 4) is 0 Å². The van der Waals surface area contributed by atoms with Gasteiger partial charge in [0.15, 0.2) is 8.32 Å². The van der Waals surface area contributed by atoms with Crippen LogP contribution in [0.25, 0.3) is 0 Å². The van der Waals surface area contributed by atoms with Crippen LogP contribution in [0.1, 0.15) is 78.6 Å². The molecular weight excluding hydrogens is 320 g/mol. The van der Waals surface area contributed by atoms with Crippen molar-refractivity contribution in [3.63, 3.8) is 0 Å². The van der Waals surface area contributed by atoms with Gasteiger partial charge in [-0.1, -0.05) is 72.1 Å². The van der Waals surface area contributed by atoms with E-state index in [-0.39, 0.29) is 0 Å². The first-order chi connectivity index (χ1) is 11.9. The van der Waals surface area contributed by atoms with Crippen LogP contribution in [0.4, 0.5) is 0 Å². The predicted molar refractivity (Wildman–Crippen MR) is 109 cm³/mol. The van der Waals surface area contributed by atoms with Crippen molar-refractivity contribution in [1.82, 2.24) is 0 Å². The average molecular weight is 363 g/mol. The number of hydrogen-bond acceptors (Lipinski definition) is 1. The van der Waals surface area contributed by atoms with Crippen LogP contribution in [0.5, 0.6) is 0 Å². The maximum Gasteiger partial charge on any atom is 0.190 e. The molecule has 4 fully saturated rings. The minimum absolute atomic E-state index is 0.576. The Labute approximate surface area is 157 Å². The molecule has 0 radical (unpaired) electrons. The molecule has 0 aromatic rings. The molecule has 0 bridgehead atoms. The summed E-state index contributed by atoms with van der Waals surface area (Å²) in [5.74, 6) is 6.47. The second kappa shape index (κ2) is 6.97. The third-order valence-corrected chi connectivity index (χ3v) is 12.6. The monoisotopic (exact) mass is 362 g/mol. The summed E-state index contributed by atoms with van der Waals surface area (Å²) >= 11 is 0. The lowest BCUT2D eigenvalue weighted by molar-refractivity contribution is 0.0353. The summed E-state index contributed by atoms with van der Waals surface area (Å²) in [5, 5.41) is 0. The van der Waals surface area contributed by atoms with Crippen molar-refractivity contribution in [2.75, 3.05) is 0 Å². The van der Waals surface area contributed by atoms with Gasteiger partial charge in [-0.3, -0.25) is 0 Å². The van der Waals surface area contributed by atoms with E-state index >= 15 is 0 Å². The lowest BCUT2D eigenvalue weighted by Crippen LogP contribution is -2.47. The quantitative estimate of drug-likeness (QED) is 0.497. The fraction of sp³-hybridized carbons (Fsp3) is 1.00. The predicted octanol–water partition coefficient (Wildman–Crippen LogP) is 6.89. The maximum atomic E-state index is 7.27. The van der Waals surface area contributed by atoms with Gasteiger partial charge >= 0.3 is 0 Å². The van der Waals surface area contributed by atoms with Crippen molar-refractivity contribution in [2.24, 2.45) is 41.4 Å². The van der Waals surface area contributed by atoms with E-state index in [2.05, 4.69) is 33.9 Å². The number of rotatable bonds is 3.